The third kappa shape index (κ3) is 6.66. The molecule has 5 rings (SSSR count). The Hall–Kier alpha value is -4.14. The largest absolute Gasteiger partial charge is 0.507 e. The highest BCUT2D eigenvalue weighted by molar-refractivity contribution is 6.46. The van der Waals surface area contributed by atoms with Gasteiger partial charge in [0.25, 0.3) is 11.7 Å². The lowest BCUT2D eigenvalue weighted by atomic mass is 9.94. The minimum absolute atomic E-state index is 0.0882. The van der Waals surface area contributed by atoms with Crippen LogP contribution in [0.3, 0.4) is 0 Å². The maximum Gasteiger partial charge on any atom is 0.295 e. The topological polar surface area (TPSA) is 88.5 Å². The highest BCUT2D eigenvalue weighted by Crippen LogP contribution is 2.40. The number of carbonyl (C=O) groups excluding carboxylic acids is 2. The van der Waals surface area contributed by atoms with Crippen LogP contribution >= 0.6 is 0 Å². The number of ketones is 1. The van der Waals surface area contributed by atoms with Crippen LogP contribution in [0, 0.1) is 6.92 Å². The van der Waals surface area contributed by atoms with E-state index in [1.165, 1.54) is 0 Å². The maximum atomic E-state index is 13.5. The lowest BCUT2D eigenvalue weighted by Crippen LogP contribution is -2.42. The van der Waals surface area contributed by atoms with Crippen molar-refractivity contribution >= 4 is 17.4 Å². The first-order valence-electron chi connectivity index (χ1n) is 14.5. The van der Waals surface area contributed by atoms with Gasteiger partial charge < -0.3 is 24.2 Å². The molecule has 1 unspecified atom stereocenters. The van der Waals surface area contributed by atoms with Gasteiger partial charge in [0.05, 0.1) is 31.4 Å². The third-order valence-corrected chi connectivity index (χ3v) is 7.67. The number of rotatable bonds is 11. The molecule has 0 aliphatic carbocycles. The van der Waals surface area contributed by atoms with Crippen LogP contribution in [0.4, 0.5) is 0 Å². The number of aliphatic hydroxyl groups is 1. The van der Waals surface area contributed by atoms with Crippen molar-refractivity contribution in [3.8, 4) is 11.5 Å². The summed E-state index contributed by atoms with van der Waals surface area (Å²) in [6.45, 7) is 8.69. The predicted molar refractivity (Wildman–Crippen MR) is 160 cm³/mol. The molecule has 2 aliphatic rings. The second-order valence-electron chi connectivity index (χ2n) is 10.6. The fourth-order valence-corrected chi connectivity index (χ4v) is 5.38. The normalized spacial score (nSPS) is 18.8. The van der Waals surface area contributed by atoms with Crippen molar-refractivity contribution < 1.29 is 28.9 Å². The van der Waals surface area contributed by atoms with Gasteiger partial charge >= 0.3 is 0 Å². The van der Waals surface area contributed by atoms with E-state index in [4.69, 9.17) is 14.2 Å². The van der Waals surface area contributed by atoms with E-state index < -0.39 is 17.7 Å². The van der Waals surface area contributed by atoms with Crippen molar-refractivity contribution in [2.45, 2.75) is 32.9 Å². The van der Waals surface area contributed by atoms with Gasteiger partial charge in [-0.1, -0.05) is 49.4 Å². The zero-order chi connectivity index (χ0) is 29.5. The zero-order valence-electron chi connectivity index (χ0n) is 24.3. The molecule has 0 aromatic heterocycles. The van der Waals surface area contributed by atoms with E-state index in [0.717, 1.165) is 36.2 Å². The van der Waals surface area contributed by atoms with Crippen molar-refractivity contribution in [3.63, 3.8) is 0 Å². The van der Waals surface area contributed by atoms with Crippen LogP contribution in [0.2, 0.25) is 0 Å². The lowest BCUT2D eigenvalue weighted by Gasteiger charge is -2.31. The van der Waals surface area contributed by atoms with Crippen LogP contribution in [0.25, 0.3) is 5.76 Å². The molecule has 0 bridgehead atoms. The molecule has 2 saturated heterocycles. The highest BCUT2D eigenvalue weighted by Gasteiger charge is 2.46. The van der Waals surface area contributed by atoms with E-state index in [2.05, 4.69) is 4.90 Å². The zero-order valence-corrected chi connectivity index (χ0v) is 24.3. The Morgan fingerprint density at radius 3 is 2.33 bits per heavy atom. The predicted octanol–water partition coefficient (Wildman–Crippen LogP) is 5.12. The van der Waals surface area contributed by atoms with E-state index >= 15 is 0 Å². The molecule has 1 N–H and O–H groups in total. The molecule has 8 nitrogen and oxygen atoms in total. The molecule has 0 spiro atoms. The first-order chi connectivity index (χ1) is 20.5. The fourth-order valence-electron chi connectivity index (χ4n) is 5.38. The number of hydrogen-bond acceptors (Lipinski definition) is 7. The smallest absolute Gasteiger partial charge is 0.295 e. The molecule has 3 aromatic rings. The Morgan fingerprint density at radius 2 is 1.64 bits per heavy atom. The van der Waals surface area contributed by atoms with Crippen LogP contribution < -0.4 is 9.47 Å². The molecular weight excluding hydrogens is 532 g/mol. The first-order valence-corrected chi connectivity index (χ1v) is 14.5. The molecule has 1 amide bonds. The monoisotopic (exact) mass is 570 g/mol. The molecular formula is C34H38N2O6. The number of ether oxygens (including phenoxy) is 3. The van der Waals surface area contributed by atoms with Gasteiger partial charge in [0.1, 0.15) is 23.9 Å². The average molecular weight is 571 g/mol. The van der Waals surface area contributed by atoms with Gasteiger partial charge in [-0.3, -0.25) is 14.5 Å². The minimum atomic E-state index is -0.732. The number of aryl methyl sites for hydroxylation is 1. The van der Waals surface area contributed by atoms with Gasteiger partial charge in [-0.05, 0) is 60.4 Å². The van der Waals surface area contributed by atoms with E-state index in [1.807, 2.05) is 74.5 Å². The van der Waals surface area contributed by atoms with Gasteiger partial charge in [0.2, 0.25) is 0 Å². The van der Waals surface area contributed by atoms with Crippen LogP contribution in [-0.2, 0) is 20.9 Å². The van der Waals surface area contributed by atoms with Crippen LogP contribution in [0.15, 0.2) is 78.4 Å². The Labute approximate surface area is 247 Å². The van der Waals surface area contributed by atoms with E-state index in [-0.39, 0.29) is 11.3 Å². The van der Waals surface area contributed by atoms with Crippen molar-refractivity contribution in [3.05, 3.63) is 101 Å². The summed E-state index contributed by atoms with van der Waals surface area (Å²) in [6, 6.07) is 21.9. The summed E-state index contributed by atoms with van der Waals surface area (Å²) >= 11 is 0. The second-order valence-corrected chi connectivity index (χ2v) is 10.6. The van der Waals surface area contributed by atoms with E-state index in [1.54, 1.807) is 17.0 Å². The Balaban J connectivity index is 1.46. The van der Waals surface area contributed by atoms with E-state index in [0.29, 0.717) is 56.6 Å². The molecule has 42 heavy (non-hydrogen) atoms. The van der Waals surface area contributed by atoms with Gasteiger partial charge in [0, 0.05) is 31.7 Å². The standard InChI is InChI=1S/C34H38N2O6/c1-3-19-41-28-13-14-29(24(2)22-28)32(37)30-31(36(34(39)33(30)38)16-15-35-17-20-40-21-18-35)26-9-11-27(12-10-26)42-23-25-7-5-4-6-8-25/h4-14,22,31,37H,3,15-21,23H2,1-2H3. The molecule has 220 valence electrons. The van der Waals surface area contributed by atoms with E-state index in [9.17, 15) is 14.7 Å². The highest BCUT2D eigenvalue weighted by atomic mass is 16.5. The number of benzene rings is 3. The van der Waals surface area contributed by atoms with Crippen LogP contribution in [-0.4, -0.2) is 72.6 Å². The molecule has 1 atom stereocenters. The maximum absolute atomic E-state index is 13.5. The summed E-state index contributed by atoms with van der Waals surface area (Å²) in [7, 11) is 0. The quantitative estimate of drug-likeness (QED) is 0.195. The Bertz CT molecular complexity index is 1410. The first kappa shape index (κ1) is 29.4. The third-order valence-electron chi connectivity index (χ3n) is 7.67. The Kier molecular flexibility index (Phi) is 9.56. The molecule has 2 aliphatic heterocycles. The molecule has 0 radical (unpaired) electrons. The second kappa shape index (κ2) is 13.7. The fraction of sp³-hybridized carbons (Fsp3) is 0.353. The SMILES string of the molecule is CCCOc1ccc(C(O)=C2C(=O)C(=O)N(CCN3CCOCC3)C2c2ccc(OCc3ccccc3)cc2)c(C)c1. The minimum Gasteiger partial charge on any atom is -0.507 e. The van der Waals surface area contributed by atoms with Gasteiger partial charge in [0.15, 0.2) is 0 Å². The summed E-state index contributed by atoms with van der Waals surface area (Å²) in [6.07, 6.45) is 0.880. The summed E-state index contributed by atoms with van der Waals surface area (Å²) in [5, 5.41) is 11.6. The van der Waals surface area contributed by atoms with Crippen LogP contribution in [0.5, 0.6) is 11.5 Å². The Morgan fingerprint density at radius 1 is 0.929 bits per heavy atom. The van der Waals surface area contributed by atoms with Crippen molar-refractivity contribution in [2.24, 2.45) is 0 Å². The number of carbonyl (C=O) groups is 2. The molecule has 3 aromatic carbocycles. The summed E-state index contributed by atoms with van der Waals surface area (Å²) < 4.78 is 17.2. The number of Topliss-reactive ketones (excluding diaryl/α,β-unsaturated/α-hetero) is 1. The van der Waals surface area contributed by atoms with Crippen LogP contribution in [0.1, 0.15) is 41.6 Å². The number of morpholine rings is 1. The van der Waals surface area contributed by atoms with Crippen molar-refractivity contribution in [1.82, 2.24) is 9.80 Å². The van der Waals surface area contributed by atoms with Crippen molar-refractivity contribution in [1.29, 1.82) is 0 Å². The average Bonchev–Trinajstić information content (AvgIpc) is 3.28. The van der Waals surface area contributed by atoms with Gasteiger partial charge in [-0.15, -0.1) is 0 Å². The number of hydrogen-bond donors (Lipinski definition) is 1. The number of nitrogens with zero attached hydrogens (tertiary/aromatic N) is 2. The van der Waals surface area contributed by atoms with Gasteiger partial charge in [-0.2, -0.15) is 0 Å². The molecule has 2 heterocycles. The number of amides is 1. The molecule has 0 saturated carbocycles. The van der Waals surface area contributed by atoms with Crippen molar-refractivity contribution in [2.75, 3.05) is 46.0 Å². The molecule has 2 fully saturated rings. The number of likely N-dealkylation sites (tertiary alicyclic amines) is 1. The number of aliphatic hydroxyl groups excluding tert-OH is 1. The summed E-state index contributed by atoms with van der Waals surface area (Å²) in [5.41, 5.74) is 3.12. The van der Waals surface area contributed by atoms with Gasteiger partial charge in [-0.25, -0.2) is 0 Å². The summed E-state index contributed by atoms with van der Waals surface area (Å²) in [5.74, 6) is -0.114. The molecule has 8 heteroatoms. The summed E-state index contributed by atoms with van der Waals surface area (Å²) in [4.78, 5) is 30.8. The lowest BCUT2D eigenvalue weighted by molar-refractivity contribution is -0.140.